The van der Waals surface area contributed by atoms with Gasteiger partial charge in [-0.2, -0.15) is 0 Å². The van der Waals surface area contributed by atoms with Crippen LogP contribution in [0.2, 0.25) is 5.02 Å². The first kappa shape index (κ1) is 19.5. The molecule has 1 aliphatic rings. The third-order valence-electron chi connectivity index (χ3n) is 5.35. The van der Waals surface area contributed by atoms with E-state index in [0.29, 0.717) is 17.2 Å². The fourth-order valence-electron chi connectivity index (χ4n) is 4.24. The Labute approximate surface area is 175 Å². The van der Waals surface area contributed by atoms with E-state index < -0.39 is 0 Å². The summed E-state index contributed by atoms with van der Waals surface area (Å²) in [6, 6.07) is 17.6. The van der Waals surface area contributed by atoms with Crippen molar-refractivity contribution in [1.82, 2.24) is 4.57 Å². The monoisotopic (exact) mass is 407 g/mol. The van der Waals surface area contributed by atoms with Gasteiger partial charge in [-0.3, -0.25) is 9.59 Å². The number of nitrogens with zero attached hydrogens (tertiary/aromatic N) is 1. The highest BCUT2D eigenvalue weighted by Crippen LogP contribution is 2.47. The number of Topliss-reactive ketones (excluding diaryl/α,β-unsaturated/α-hetero) is 1. The second-order valence-electron chi connectivity index (χ2n) is 8.18. The van der Waals surface area contributed by atoms with E-state index in [0.717, 1.165) is 40.9 Å². The molecule has 148 valence electrons. The molecule has 0 radical (unpaired) electrons. The van der Waals surface area contributed by atoms with Crippen molar-refractivity contribution >= 4 is 23.9 Å². The minimum Gasteiger partial charge on any atom is -0.459 e. The van der Waals surface area contributed by atoms with Crippen molar-refractivity contribution in [1.29, 1.82) is 0 Å². The maximum Gasteiger partial charge on any atom is 0.293 e. The van der Waals surface area contributed by atoms with E-state index in [1.807, 2.05) is 42.5 Å². The van der Waals surface area contributed by atoms with Crippen LogP contribution in [0.5, 0.6) is 0 Å². The van der Waals surface area contributed by atoms with Crippen LogP contribution in [0.1, 0.15) is 30.0 Å². The molecule has 0 atom stereocenters. The van der Waals surface area contributed by atoms with Gasteiger partial charge in [0.1, 0.15) is 0 Å². The van der Waals surface area contributed by atoms with Gasteiger partial charge in [-0.05, 0) is 35.1 Å². The molecule has 0 amide bonds. The van der Waals surface area contributed by atoms with Gasteiger partial charge in [0.15, 0.2) is 6.61 Å². The fraction of sp³-hybridized carbons (Fsp3) is 0.250. The van der Waals surface area contributed by atoms with Crippen LogP contribution in [0.3, 0.4) is 0 Å². The molecule has 3 aromatic rings. The number of benzene rings is 2. The van der Waals surface area contributed by atoms with Crippen molar-refractivity contribution in [3.8, 4) is 22.3 Å². The Bertz CT molecular complexity index is 1070. The Morgan fingerprint density at radius 1 is 1.07 bits per heavy atom. The summed E-state index contributed by atoms with van der Waals surface area (Å²) >= 11 is 6.11. The van der Waals surface area contributed by atoms with Crippen molar-refractivity contribution in [2.75, 3.05) is 6.61 Å². The maximum absolute atomic E-state index is 13.1. The lowest BCUT2D eigenvalue weighted by atomic mass is 9.86. The van der Waals surface area contributed by atoms with Crippen LogP contribution in [-0.4, -0.2) is 23.4 Å². The van der Waals surface area contributed by atoms with Crippen molar-refractivity contribution in [2.45, 2.75) is 26.8 Å². The molecular formula is C24H22ClNO3. The average Bonchev–Trinajstić information content (AvgIpc) is 3.17. The number of ketones is 1. The lowest BCUT2D eigenvalue weighted by molar-refractivity contribution is -0.127. The van der Waals surface area contributed by atoms with E-state index in [9.17, 15) is 9.59 Å². The van der Waals surface area contributed by atoms with Gasteiger partial charge in [0.2, 0.25) is 5.78 Å². The molecule has 0 N–H and O–H groups in total. The predicted molar refractivity (Wildman–Crippen MR) is 114 cm³/mol. The minimum absolute atomic E-state index is 0.0396. The smallest absolute Gasteiger partial charge is 0.293 e. The molecule has 0 aliphatic carbocycles. The van der Waals surface area contributed by atoms with E-state index in [1.165, 1.54) is 0 Å². The predicted octanol–water partition coefficient (Wildman–Crippen LogP) is 5.41. The number of ether oxygens (including phenoxy) is 1. The zero-order chi connectivity index (χ0) is 20.6. The molecule has 2 heterocycles. The van der Waals surface area contributed by atoms with E-state index >= 15 is 0 Å². The molecule has 1 aliphatic heterocycles. The number of fused-ring (bicyclic) bond motifs is 1. The van der Waals surface area contributed by atoms with Gasteiger partial charge < -0.3 is 9.30 Å². The second kappa shape index (κ2) is 7.53. The Balaban J connectivity index is 2.02. The molecule has 5 heteroatoms. The molecule has 2 aromatic carbocycles. The number of carbonyl (C=O) groups excluding carboxylic acids is 2. The topological polar surface area (TPSA) is 48.3 Å². The number of carbonyl (C=O) groups is 2. The van der Waals surface area contributed by atoms with Gasteiger partial charge in [0.25, 0.3) is 6.47 Å². The fourth-order valence-corrected chi connectivity index (χ4v) is 4.37. The highest BCUT2D eigenvalue weighted by Gasteiger charge is 2.37. The number of aromatic nitrogens is 1. The Hall–Kier alpha value is -2.85. The molecule has 0 spiro atoms. The molecule has 0 unspecified atom stereocenters. The Kier molecular flexibility index (Phi) is 5.05. The minimum atomic E-state index is -0.276. The van der Waals surface area contributed by atoms with Gasteiger partial charge in [0.05, 0.1) is 5.69 Å². The molecule has 0 fully saturated rings. The van der Waals surface area contributed by atoms with Crippen molar-refractivity contribution in [3.63, 3.8) is 0 Å². The number of rotatable bonds is 6. The molecule has 4 nitrogen and oxygen atoms in total. The highest BCUT2D eigenvalue weighted by atomic mass is 35.5. The molecule has 0 bridgehead atoms. The van der Waals surface area contributed by atoms with Crippen LogP contribution in [0.15, 0.2) is 54.6 Å². The van der Waals surface area contributed by atoms with Crippen molar-refractivity contribution < 1.29 is 14.3 Å². The summed E-state index contributed by atoms with van der Waals surface area (Å²) in [5, 5.41) is 0.639. The first-order valence-corrected chi connectivity index (χ1v) is 9.94. The van der Waals surface area contributed by atoms with Crippen LogP contribution >= 0.6 is 11.6 Å². The largest absolute Gasteiger partial charge is 0.459 e. The molecule has 1 aromatic heterocycles. The molecule has 4 rings (SSSR count). The third kappa shape index (κ3) is 3.60. The molecule has 0 saturated carbocycles. The Morgan fingerprint density at radius 2 is 1.72 bits per heavy atom. The summed E-state index contributed by atoms with van der Waals surface area (Å²) in [5.41, 5.74) is 5.69. The average molecular weight is 408 g/mol. The standard InChI is InChI=1S/C24H22ClNO3/c1-24(2)12-19-21(16-6-4-3-5-7-16)22(17-8-10-18(25)11-9-17)23(26(19)14-24)20(28)13-29-15-27/h3-11,15H,12-14H2,1-2H3. The summed E-state index contributed by atoms with van der Waals surface area (Å²) < 4.78 is 6.94. The van der Waals surface area contributed by atoms with Crippen molar-refractivity contribution in [3.05, 3.63) is 71.0 Å². The highest BCUT2D eigenvalue weighted by molar-refractivity contribution is 6.30. The summed E-state index contributed by atoms with van der Waals surface area (Å²) in [7, 11) is 0. The van der Waals surface area contributed by atoms with Gasteiger partial charge in [0, 0.05) is 28.4 Å². The first-order valence-electron chi connectivity index (χ1n) is 9.56. The lowest BCUT2D eigenvalue weighted by Gasteiger charge is -2.18. The normalized spacial score (nSPS) is 14.4. The molecule has 29 heavy (non-hydrogen) atoms. The number of halogens is 1. The van der Waals surface area contributed by atoms with Crippen LogP contribution in [-0.2, 0) is 22.5 Å². The molecule has 0 saturated heterocycles. The van der Waals surface area contributed by atoms with E-state index in [-0.39, 0.29) is 17.8 Å². The second-order valence-corrected chi connectivity index (χ2v) is 8.61. The van der Waals surface area contributed by atoms with E-state index in [1.54, 1.807) is 0 Å². The zero-order valence-electron chi connectivity index (χ0n) is 16.4. The zero-order valence-corrected chi connectivity index (χ0v) is 17.2. The van der Waals surface area contributed by atoms with Gasteiger partial charge in [-0.15, -0.1) is 0 Å². The van der Waals surface area contributed by atoms with Crippen molar-refractivity contribution in [2.24, 2.45) is 5.41 Å². The van der Waals surface area contributed by atoms with Gasteiger partial charge in [-0.25, -0.2) is 0 Å². The quantitative estimate of drug-likeness (QED) is 0.405. The maximum atomic E-state index is 13.1. The van der Waals surface area contributed by atoms with E-state index in [4.69, 9.17) is 16.3 Å². The molecular weight excluding hydrogens is 386 g/mol. The lowest BCUT2D eigenvalue weighted by Crippen LogP contribution is -2.18. The van der Waals surface area contributed by atoms with Gasteiger partial charge in [-0.1, -0.05) is 67.9 Å². The van der Waals surface area contributed by atoms with E-state index in [2.05, 4.69) is 30.5 Å². The SMILES string of the molecule is CC1(C)Cc2c(-c3ccccc3)c(-c3ccc(Cl)cc3)c(C(=O)COC=O)n2C1. The number of hydrogen-bond donors (Lipinski definition) is 0. The Morgan fingerprint density at radius 3 is 2.38 bits per heavy atom. The van der Waals surface area contributed by atoms with Crippen LogP contribution < -0.4 is 0 Å². The number of hydrogen-bond acceptors (Lipinski definition) is 3. The summed E-state index contributed by atoms with van der Waals surface area (Å²) in [5.74, 6) is -0.205. The summed E-state index contributed by atoms with van der Waals surface area (Å²) in [6.07, 6.45) is 0.861. The van der Waals surface area contributed by atoms with Crippen LogP contribution in [0.4, 0.5) is 0 Å². The third-order valence-corrected chi connectivity index (χ3v) is 5.60. The first-order chi connectivity index (χ1) is 13.9. The summed E-state index contributed by atoms with van der Waals surface area (Å²) in [6.45, 7) is 5.18. The summed E-state index contributed by atoms with van der Waals surface area (Å²) in [4.78, 5) is 23.8. The van der Waals surface area contributed by atoms with Crippen LogP contribution in [0.25, 0.3) is 22.3 Å². The van der Waals surface area contributed by atoms with Crippen LogP contribution in [0, 0.1) is 5.41 Å². The van der Waals surface area contributed by atoms with Gasteiger partial charge >= 0.3 is 0 Å².